The fourth-order valence-corrected chi connectivity index (χ4v) is 4.93. The molecule has 188 valence electrons. The van der Waals surface area contributed by atoms with Crippen LogP contribution in [0.25, 0.3) is 33.4 Å². The van der Waals surface area contributed by atoms with Gasteiger partial charge in [-0.05, 0) is 54.7 Å². The molecule has 8 heteroatoms. The first-order chi connectivity index (χ1) is 17.7. The lowest BCUT2D eigenvalue weighted by Gasteiger charge is -2.16. The Hall–Kier alpha value is -4.46. The van der Waals surface area contributed by atoms with Gasteiger partial charge < -0.3 is 20.5 Å². The van der Waals surface area contributed by atoms with Gasteiger partial charge in [0.25, 0.3) is 11.8 Å². The minimum Gasteiger partial charge on any atom is -0.383 e. The number of aryl methyl sites for hydroxylation is 1. The average molecular weight is 495 g/mol. The number of aromatic nitrogens is 3. The zero-order chi connectivity index (χ0) is 26.3. The van der Waals surface area contributed by atoms with E-state index in [4.69, 9.17) is 5.73 Å². The van der Waals surface area contributed by atoms with Gasteiger partial charge in [0.2, 0.25) is 0 Å². The molecule has 4 aromatic rings. The molecule has 3 heterocycles. The van der Waals surface area contributed by atoms with Crippen molar-refractivity contribution >= 4 is 34.4 Å². The number of nitrogens with zero attached hydrogens (tertiary/aromatic N) is 4. The Morgan fingerprint density at radius 3 is 2.35 bits per heavy atom. The largest absolute Gasteiger partial charge is 0.383 e. The first-order valence-electron chi connectivity index (χ1n) is 12.3. The first kappa shape index (κ1) is 24.2. The number of fused-ring (bicyclic) bond motifs is 1. The number of amides is 2. The summed E-state index contributed by atoms with van der Waals surface area (Å²) in [6.45, 7) is 9.12. The molecule has 2 aromatic carbocycles. The molecule has 37 heavy (non-hydrogen) atoms. The van der Waals surface area contributed by atoms with Gasteiger partial charge >= 0.3 is 0 Å². The minimum absolute atomic E-state index is 0.0595. The van der Waals surface area contributed by atoms with Crippen LogP contribution in [-0.4, -0.2) is 44.3 Å². The van der Waals surface area contributed by atoms with Crippen LogP contribution < -0.4 is 11.1 Å². The number of hydrogen-bond acceptors (Lipinski definition) is 5. The Labute approximate surface area is 215 Å². The van der Waals surface area contributed by atoms with E-state index in [0.29, 0.717) is 34.2 Å². The van der Waals surface area contributed by atoms with Gasteiger partial charge in [0, 0.05) is 42.5 Å². The van der Waals surface area contributed by atoms with Crippen molar-refractivity contribution in [3.63, 3.8) is 0 Å². The number of carbonyl (C=O) groups excluding carboxylic acids is 2. The summed E-state index contributed by atoms with van der Waals surface area (Å²) >= 11 is 0. The van der Waals surface area contributed by atoms with Gasteiger partial charge in [0.1, 0.15) is 17.8 Å². The van der Waals surface area contributed by atoms with E-state index in [1.165, 1.54) is 6.33 Å². The van der Waals surface area contributed by atoms with Gasteiger partial charge in [-0.3, -0.25) is 9.59 Å². The van der Waals surface area contributed by atoms with Crippen molar-refractivity contribution in [2.24, 2.45) is 13.0 Å². The SMILES string of the molecule is C=C(C)C(=O)Nc1ccc(-c2c(-c3ccc(C(=O)N4CCC(C)C4)cc3)c3c(N)ncnc3n2C)cc1. The van der Waals surface area contributed by atoms with E-state index in [9.17, 15) is 9.59 Å². The number of nitrogens with one attached hydrogen (secondary N) is 1. The third-order valence-corrected chi connectivity index (χ3v) is 6.93. The molecule has 1 atom stereocenters. The molecular formula is C29H30N6O2. The van der Waals surface area contributed by atoms with E-state index < -0.39 is 0 Å². The number of nitrogens with two attached hydrogens (primary N) is 1. The Morgan fingerprint density at radius 2 is 1.73 bits per heavy atom. The summed E-state index contributed by atoms with van der Waals surface area (Å²) in [6.07, 6.45) is 2.50. The van der Waals surface area contributed by atoms with E-state index in [1.54, 1.807) is 6.92 Å². The molecule has 1 aliphatic rings. The highest BCUT2D eigenvalue weighted by Gasteiger charge is 2.25. The summed E-state index contributed by atoms with van der Waals surface area (Å²) in [5, 5.41) is 3.59. The van der Waals surface area contributed by atoms with Crippen molar-refractivity contribution < 1.29 is 9.59 Å². The molecule has 1 aliphatic heterocycles. The molecule has 0 aliphatic carbocycles. The molecule has 3 N–H and O–H groups in total. The summed E-state index contributed by atoms with van der Waals surface area (Å²) in [6, 6.07) is 15.3. The van der Waals surface area contributed by atoms with Crippen LogP contribution in [0.15, 0.2) is 67.0 Å². The standard InChI is InChI=1S/C29H30N6O2/c1-17(2)28(36)33-22-11-9-20(10-12-22)25-23(24-26(30)31-16-32-27(24)34(25)4)19-5-7-21(8-6-19)29(37)35-14-13-18(3)15-35/h5-12,16,18H,1,13-15H2,2-4H3,(H,33,36)(H2,30,31,32). The molecule has 1 saturated heterocycles. The van der Waals surface area contributed by atoms with Gasteiger partial charge in [-0.15, -0.1) is 0 Å². The van der Waals surface area contributed by atoms with Crippen LogP contribution in [0.1, 0.15) is 30.6 Å². The molecule has 8 nitrogen and oxygen atoms in total. The highest BCUT2D eigenvalue weighted by molar-refractivity contribution is 6.08. The molecule has 2 amide bonds. The second-order valence-electron chi connectivity index (χ2n) is 9.77. The van der Waals surface area contributed by atoms with Crippen LogP contribution in [0.2, 0.25) is 0 Å². The van der Waals surface area contributed by atoms with Crippen molar-refractivity contribution in [1.82, 2.24) is 19.4 Å². The lowest BCUT2D eigenvalue weighted by atomic mass is 9.97. The van der Waals surface area contributed by atoms with E-state index >= 15 is 0 Å². The number of carbonyl (C=O) groups is 2. The second-order valence-corrected chi connectivity index (χ2v) is 9.77. The molecule has 0 saturated carbocycles. The molecule has 5 rings (SSSR count). The number of anilines is 2. The Bertz CT molecular complexity index is 1520. The summed E-state index contributed by atoms with van der Waals surface area (Å²) in [5.41, 5.74) is 12.5. The number of rotatable bonds is 5. The average Bonchev–Trinajstić information content (AvgIpc) is 3.46. The van der Waals surface area contributed by atoms with Gasteiger partial charge in [0.05, 0.1) is 11.1 Å². The van der Waals surface area contributed by atoms with Gasteiger partial charge in [0.15, 0.2) is 0 Å². The third-order valence-electron chi connectivity index (χ3n) is 6.93. The van der Waals surface area contributed by atoms with Crippen molar-refractivity contribution in [3.05, 3.63) is 72.6 Å². The maximum absolute atomic E-state index is 13.0. The molecular weight excluding hydrogens is 464 g/mol. The number of hydrogen-bond donors (Lipinski definition) is 2. The topological polar surface area (TPSA) is 106 Å². The third kappa shape index (κ3) is 4.46. The minimum atomic E-state index is -0.223. The highest BCUT2D eigenvalue weighted by Crippen LogP contribution is 2.41. The lowest BCUT2D eigenvalue weighted by Crippen LogP contribution is -2.28. The van der Waals surface area contributed by atoms with Gasteiger partial charge in [-0.1, -0.05) is 37.8 Å². The molecule has 1 unspecified atom stereocenters. The van der Waals surface area contributed by atoms with Crippen molar-refractivity contribution in [2.75, 3.05) is 24.1 Å². The van der Waals surface area contributed by atoms with Crippen molar-refractivity contribution in [2.45, 2.75) is 20.3 Å². The van der Waals surface area contributed by atoms with Crippen LogP contribution in [-0.2, 0) is 11.8 Å². The number of benzene rings is 2. The second kappa shape index (κ2) is 9.54. The van der Waals surface area contributed by atoms with E-state index in [2.05, 4.69) is 28.8 Å². The van der Waals surface area contributed by atoms with Crippen LogP contribution in [0, 0.1) is 5.92 Å². The molecule has 0 radical (unpaired) electrons. The van der Waals surface area contributed by atoms with Crippen molar-refractivity contribution in [3.8, 4) is 22.4 Å². The fourth-order valence-electron chi connectivity index (χ4n) is 4.93. The van der Waals surface area contributed by atoms with Crippen LogP contribution >= 0.6 is 0 Å². The van der Waals surface area contributed by atoms with E-state index in [-0.39, 0.29) is 11.8 Å². The Balaban J connectivity index is 1.57. The predicted molar refractivity (Wildman–Crippen MR) is 147 cm³/mol. The smallest absolute Gasteiger partial charge is 0.253 e. The summed E-state index contributed by atoms with van der Waals surface area (Å²) < 4.78 is 1.99. The normalized spacial score (nSPS) is 15.2. The Morgan fingerprint density at radius 1 is 1.05 bits per heavy atom. The molecule has 0 spiro atoms. The van der Waals surface area contributed by atoms with Crippen LogP contribution in [0.4, 0.5) is 11.5 Å². The molecule has 2 aromatic heterocycles. The van der Waals surface area contributed by atoms with Gasteiger partial charge in [-0.25, -0.2) is 9.97 Å². The number of likely N-dealkylation sites (tertiary alicyclic amines) is 1. The molecule has 1 fully saturated rings. The Kier molecular flexibility index (Phi) is 6.25. The van der Waals surface area contributed by atoms with E-state index in [1.807, 2.05) is 65.0 Å². The summed E-state index contributed by atoms with van der Waals surface area (Å²) in [5.74, 6) is 0.756. The predicted octanol–water partition coefficient (Wildman–Crippen LogP) is 4.88. The first-order valence-corrected chi connectivity index (χ1v) is 12.3. The zero-order valence-corrected chi connectivity index (χ0v) is 21.3. The zero-order valence-electron chi connectivity index (χ0n) is 21.3. The summed E-state index contributed by atoms with van der Waals surface area (Å²) in [7, 11) is 1.94. The maximum Gasteiger partial charge on any atom is 0.253 e. The molecule has 0 bridgehead atoms. The number of nitrogen functional groups attached to an aromatic ring is 1. The monoisotopic (exact) mass is 494 g/mol. The van der Waals surface area contributed by atoms with Crippen LogP contribution in [0.3, 0.4) is 0 Å². The van der Waals surface area contributed by atoms with E-state index in [0.717, 1.165) is 47.3 Å². The fraction of sp³-hybridized carbons (Fsp3) is 0.241. The quantitative estimate of drug-likeness (QED) is 0.385. The maximum atomic E-state index is 13.0. The van der Waals surface area contributed by atoms with Crippen LogP contribution in [0.5, 0.6) is 0 Å². The summed E-state index contributed by atoms with van der Waals surface area (Å²) in [4.78, 5) is 35.7. The van der Waals surface area contributed by atoms with Gasteiger partial charge in [-0.2, -0.15) is 0 Å². The lowest BCUT2D eigenvalue weighted by molar-refractivity contribution is -0.112. The van der Waals surface area contributed by atoms with Crippen molar-refractivity contribution in [1.29, 1.82) is 0 Å². The highest BCUT2D eigenvalue weighted by atomic mass is 16.2.